The average molecular weight is 336 g/mol. The smallest absolute Gasteiger partial charge is 0.282 e. The number of ether oxygens (including phenoxy) is 1. The summed E-state index contributed by atoms with van der Waals surface area (Å²) in [4.78, 5) is 16.2. The van der Waals surface area contributed by atoms with Gasteiger partial charge in [-0.15, -0.1) is 0 Å². The third kappa shape index (κ3) is 4.65. The molecule has 2 N–H and O–H groups in total. The highest BCUT2D eigenvalue weighted by atomic mass is 16.5. The van der Waals surface area contributed by atoms with Crippen molar-refractivity contribution in [2.75, 3.05) is 7.11 Å². The zero-order valence-corrected chi connectivity index (χ0v) is 13.7. The summed E-state index contributed by atoms with van der Waals surface area (Å²) in [5.74, 6) is -0.432. The predicted molar refractivity (Wildman–Crippen MR) is 92.8 cm³/mol. The topological polar surface area (TPSA) is 108 Å². The van der Waals surface area contributed by atoms with Crippen molar-refractivity contribution >= 4 is 17.7 Å². The zero-order chi connectivity index (χ0) is 18.2. The van der Waals surface area contributed by atoms with Crippen molar-refractivity contribution in [2.24, 2.45) is 5.10 Å². The fourth-order valence-corrected chi connectivity index (χ4v) is 1.93. The van der Waals surface area contributed by atoms with Gasteiger partial charge in [0.15, 0.2) is 11.5 Å². The van der Waals surface area contributed by atoms with E-state index in [1.807, 2.05) is 12.1 Å². The van der Waals surface area contributed by atoms with Gasteiger partial charge >= 0.3 is 0 Å². The summed E-state index contributed by atoms with van der Waals surface area (Å²) in [6.07, 6.45) is 3.00. The van der Waals surface area contributed by atoms with E-state index >= 15 is 0 Å². The average Bonchev–Trinajstić information content (AvgIpc) is 2.65. The molecule has 0 bridgehead atoms. The monoisotopic (exact) mass is 336 g/mol. The minimum atomic E-state index is -0.648. The van der Waals surface area contributed by atoms with E-state index in [-0.39, 0.29) is 17.1 Å². The van der Waals surface area contributed by atoms with Gasteiger partial charge in [0.2, 0.25) is 0 Å². The summed E-state index contributed by atoms with van der Waals surface area (Å²) < 4.78 is 5.00. The van der Waals surface area contributed by atoms with E-state index < -0.39 is 5.91 Å². The van der Waals surface area contributed by atoms with Crippen molar-refractivity contribution in [2.45, 2.75) is 6.92 Å². The lowest BCUT2D eigenvalue weighted by Gasteiger charge is -2.04. The van der Waals surface area contributed by atoms with Gasteiger partial charge in [-0.05, 0) is 42.8 Å². The van der Waals surface area contributed by atoms with E-state index in [1.54, 1.807) is 31.3 Å². The number of phenolic OH excluding ortho intramolecular Hbond substituents is 1. The van der Waals surface area contributed by atoms with Crippen molar-refractivity contribution in [1.82, 2.24) is 10.4 Å². The Morgan fingerprint density at radius 2 is 2.20 bits per heavy atom. The molecule has 0 radical (unpaired) electrons. The molecule has 0 unspecified atom stereocenters. The number of rotatable bonds is 5. The van der Waals surface area contributed by atoms with Crippen LogP contribution in [0.3, 0.4) is 0 Å². The fraction of sp³-hybridized carbons (Fsp3) is 0.111. The van der Waals surface area contributed by atoms with E-state index in [2.05, 4.69) is 15.5 Å². The largest absolute Gasteiger partial charge is 0.504 e. The van der Waals surface area contributed by atoms with Crippen LogP contribution >= 0.6 is 0 Å². The van der Waals surface area contributed by atoms with E-state index in [9.17, 15) is 15.2 Å². The van der Waals surface area contributed by atoms with E-state index in [1.165, 1.54) is 25.3 Å². The first-order valence-corrected chi connectivity index (χ1v) is 7.30. The molecule has 0 fully saturated rings. The molecule has 0 spiro atoms. The van der Waals surface area contributed by atoms with Gasteiger partial charge in [-0.25, -0.2) is 5.43 Å². The van der Waals surface area contributed by atoms with Gasteiger partial charge in [0.05, 0.1) is 18.5 Å². The molecule has 0 saturated carbocycles. The van der Waals surface area contributed by atoms with Crippen LogP contribution in [0.4, 0.5) is 0 Å². The molecular weight excluding hydrogens is 320 g/mol. The van der Waals surface area contributed by atoms with Gasteiger partial charge in [0.25, 0.3) is 5.91 Å². The lowest BCUT2D eigenvalue weighted by Crippen LogP contribution is -2.20. The second-order valence-electron chi connectivity index (χ2n) is 4.95. The number of hydrogen-bond donors (Lipinski definition) is 2. The maximum Gasteiger partial charge on any atom is 0.282 e. The lowest BCUT2D eigenvalue weighted by molar-refractivity contribution is -0.117. The number of nitrogens with one attached hydrogen (secondary N) is 1. The SMILES string of the molecule is COc1cc(/C=C(\C#N)C(=O)N/N=C(\C)c2ccccn2)ccc1O. The van der Waals surface area contributed by atoms with Crippen LogP contribution in [0.25, 0.3) is 6.08 Å². The van der Waals surface area contributed by atoms with Crippen molar-refractivity contribution in [3.8, 4) is 17.6 Å². The summed E-state index contributed by atoms with van der Waals surface area (Å²) in [5.41, 5.74) is 3.86. The first kappa shape index (κ1) is 17.7. The molecule has 0 aliphatic rings. The van der Waals surface area contributed by atoms with Gasteiger partial charge in [-0.1, -0.05) is 12.1 Å². The standard InChI is InChI=1S/C18H16N4O3/c1-12(15-5-3-4-8-20-15)21-22-18(24)14(11-19)9-13-6-7-16(23)17(10-13)25-2/h3-10,23H,1-2H3,(H,22,24)/b14-9+,21-12+. The minimum absolute atomic E-state index is 0.0294. The van der Waals surface area contributed by atoms with Crippen LogP contribution in [0.5, 0.6) is 11.5 Å². The second kappa shape index (κ2) is 8.26. The van der Waals surface area contributed by atoms with Gasteiger partial charge in [-0.2, -0.15) is 10.4 Å². The molecule has 0 saturated heterocycles. The van der Waals surface area contributed by atoms with Crippen LogP contribution < -0.4 is 10.2 Å². The number of carbonyl (C=O) groups excluding carboxylic acids is 1. The predicted octanol–water partition coefficient (Wildman–Crippen LogP) is 2.24. The number of pyridine rings is 1. The van der Waals surface area contributed by atoms with Crippen molar-refractivity contribution in [3.05, 3.63) is 59.4 Å². The first-order chi connectivity index (χ1) is 12.0. The fourth-order valence-electron chi connectivity index (χ4n) is 1.93. The van der Waals surface area contributed by atoms with E-state index in [4.69, 9.17) is 4.74 Å². The van der Waals surface area contributed by atoms with Crippen LogP contribution in [-0.2, 0) is 4.79 Å². The molecule has 0 aliphatic carbocycles. The molecule has 1 aromatic heterocycles. The molecule has 2 aromatic rings. The second-order valence-corrected chi connectivity index (χ2v) is 4.95. The Labute approximate surface area is 144 Å². The Hall–Kier alpha value is -3.66. The summed E-state index contributed by atoms with van der Waals surface area (Å²) in [6, 6.07) is 11.7. The summed E-state index contributed by atoms with van der Waals surface area (Å²) in [7, 11) is 1.41. The Morgan fingerprint density at radius 3 is 2.84 bits per heavy atom. The Balaban J connectivity index is 2.17. The maximum absolute atomic E-state index is 12.1. The number of carbonyl (C=O) groups is 1. The van der Waals surface area contributed by atoms with E-state index in [0.29, 0.717) is 17.0 Å². The van der Waals surface area contributed by atoms with Gasteiger partial charge in [0.1, 0.15) is 11.6 Å². The van der Waals surface area contributed by atoms with Crippen molar-refractivity contribution < 1.29 is 14.6 Å². The van der Waals surface area contributed by atoms with Crippen LogP contribution in [0.2, 0.25) is 0 Å². The van der Waals surface area contributed by atoms with Gasteiger partial charge in [0, 0.05) is 6.20 Å². The summed E-state index contributed by atoms with van der Waals surface area (Å²) >= 11 is 0. The minimum Gasteiger partial charge on any atom is -0.504 e. The summed E-state index contributed by atoms with van der Waals surface area (Å²) in [6.45, 7) is 1.70. The molecule has 2 rings (SSSR count). The lowest BCUT2D eigenvalue weighted by atomic mass is 10.1. The van der Waals surface area contributed by atoms with Crippen LogP contribution in [0.1, 0.15) is 18.2 Å². The highest BCUT2D eigenvalue weighted by Crippen LogP contribution is 2.27. The molecule has 0 aliphatic heterocycles. The number of aromatic hydroxyl groups is 1. The maximum atomic E-state index is 12.1. The molecule has 7 heteroatoms. The number of hydrazone groups is 1. The number of benzene rings is 1. The molecule has 25 heavy (non-hydrogen) atoms. The molecular formula is C18H16N4O3. The molecule has 1 heterocycles. The molecule has 126 valence electrons. The molecule has 0 atom stereocenters. The highest BCUT2D eigenvalue weighted by Gasteiger charge is 2.10. The van der Waals surface area contributed by atoms with Crippen LogP contribution in [0, 0.1) is 11.3 Å². The third-order valence-electron chi connectivity index (χ3n) is 3.24. The Morgan fingerprint density at radius 1 is 1.40 bits per heavy atom. The van der Waals surface area contributed by atoms with Crippen molar-refractivity contribution in [3.63, 3.8) is 0 Å². The zero-order valence-electron chi connectivity index (χ0n) is 13.7. The number of nitrogens with zero attached hydrogens (tertiary/aromatic N) is 3. The molecule has 1 aromatic carbocycles. The van der Waals surface area contributed by atoms with Crippen LogP contribution in [0.15, 0.2) is 53.3 Å². The number of aromatic nitrogens is 1. The van der Waals surface area contributed by atoms with Gasteiger partial charge in [-0.3, -0.25) is 9.78 Å². The number of hydrogen-bond acceptors (Lipinski definition) is 6. The van der Waals surface area contributed by atoms with E-state index in [0.717, 1.165) is 0 Å². The molecule has 7 nitrogen and oxygen atoms in total. The summed E-state index contributed by atoms with van der Waals surface area (Å²) in [5, 5.41) is 22.7. The quantitative estimate of drug-likeness (QED) is 0.377. The normalized spacial score (nSPS) is 11.6. The third-order valence-corrected chi connectivity index (χ3v) is 3.24. The number of nitriles is 1. The van der Waals surface area contributed by atoms with Gasteiger partial charge < -0.3 is 9.84 Å². The number of phenols is 1. The Bertz CT molecular complexity index is 868. The molecule has 1 amide bonds. The first-order valence-electron chi connectivity index (χ1n) is 7.30. The number of methoxy groups -OCH3 is 1. The number of amides is 1. The van der Waals surface area contributed by atoms with Crippen LogP contribution in [-0.4, -0.2) is 28.8 Å². The highest BCUT2D eigenvalue weighted by molar-refractivity contribution is 6.03. The Kier molecular flexibility index (Phi) is 5.85. The van der Waals surface area contributed by atoms with Crippen molar-refractivity contribution in [1.29, 1.82) is 5.26 Å².